The lowest BCUT2D eigenvalue weighted by Gasteiger charge is -2.03. The van der Waals surface area contributed by atoms with Gasteiger partial charge in [0.25, 0.3) is 5.56 Å². The van der Waals surface area contributed by atoms with Crippen LogP contribution in [0.3, 0.4) is 0 Å². The van der Waals surface area contributed by atoms with Gasteiger partial charge in [-0.15, -0.1) is 9.24 Å². The van der Waals surface area contributed by atoms with E-state index in [1.165, 1.54) is 0 Å². The maximum atomic E-state index is 11.6. The molecule has 0 fully saturated rings. The maximum Gasteiger partial charge on any atom is 0.327 e. The normalized spacial score (nSPS) is 11.2. The van der Waals surface area contributed by atoms with Crippen molar-refractivity contribution in [1.29, 1.82) is 0 Å². The molecule has 0 bridgehead atoms. The number of benzene rings is 1. The topological polar surface area (TPSA) is 91.5 Å². The Morgan fingerprint density at radius 1 is 1.11 bits per heavy atom. The van der Waals surface area contributed by atoms with Crippen molar-refractivity contribution < 1.29 is 0 Å². The zero-order valence-corrected chi connectivity index (χ0v) is 10.6. The second-order valence-electron chi connectivity index (χ2n) is 4.03. The monoisotopic (exact) mass is 260 g/mol. The highest BCUT2D eigenvalue weighted by Gasteiger charge is 2.07. The molecule has 2 N–H and O–H groups in total. The standard InChI is InChI=1S/C11H9N4O2P/c1-4-2-5-6(3-7(4)18)13-9-8(12-5)10(16)15-11(17)14-9/h2-3H,18H2,1H3,(H2,13,14,15,16,17). The summed E-state index contributed by atoms with van der Waals surface area (Å²) in [6.07, 6.45) is 0. The largest absolute Gasteiger partial charge is 0.327 e. The van der Waals surface area contributed by atoms with Gasteiger partial charge in [-0.3, -0.25) is 14.8 Å². The number of fused-ring (bicyclic) bond motifs is 2. The van der Waals surface area contributed by atoms with Gasteiger partial charge < -0.3 is 0 Å². The van der Waals surface area contributed by atoms with Crippen LogP contribution < -0.4 is 16.6 Å². The van der Waals surface area contributed by atoms with Gasteiger partial charge in [0.2, 0.25) is 0 Å². The van der Waals surface area contributed by atoms with Crippen molar-refractivity contribution in [2.24, 2.45) is 0 Å². The Labute approximate surface area is 103 Å². The third kappa shape index (κ3) is 1.62. The molecule has 3 rings (SSSR count). The second kappa shape index (κ2) is 3.71. The molecule has 1 atom stereocenters. The minimum absolute atomic E-state index is 0.137. The number of aromatic nitrogens is 4. The molecule has 0 aliphatic carbocycles. The Kier molecular flexibility index (Phi) is 2.28. The average molecular weight is 260 g/mol. The number of hydrogen-bond acceptors (Lipinski definition) is 4. The van der Waals surface area contributed by atoms with Gasteiger partial charge in [0.15, 0.2) is 11.2 Å². The molecule has 0 aliphatic heterocycles. The van der Waals surface area contributed by atoms with Crippen LogP contribution in [0.25, 0.3) is 22.2 Å². The van der Waals surface area contributed by atoms with Crippen molar-refractivity contribution in [3.05, 3.63) is 38.5 Å². The number of aryl methyl sites for hydroxylation is 1. The van der Waals surface area contributed by atoms with Crippen LogP contribution in [0.2, 0.25) is 0 Å². The SMILES string of the molecule is Cc1cc2nc3c(=O)[nH]c(=O)[nH]c3nc2cc1P. The molecule has 0 aliphatic rings. The summed E-state index contributed by atoms with van der Waals surface area (Å²) in [4.78, 5) is 35.9. The Balaban J connectivity index is 2.55. The van der Waals surface area contributed by atoms with E-state index >= 15 is 0 Å². The van der Waals surface area contributed by atoms with Gasteiger partial charge >= 0.3 is 5.69 Å². The molecule has 0 saturated heterocycles. The number of hydrogen-bond donors (Lipinski definition) is 2. The molecule has 0 amide bonds. The third-order valence-electron chi connectivity index (χ3n) is 2.73. The Bertz CT molecular complexity index is 897. The van der Waals surface area contributed by atoms with Crippen LogP contribution in [-0.4, -0.2) is 19.9 Å². The van der Waals surface area contributed by atoms with Gasteiger partial charge in [-0.2, -0.15) is 0 Å². The summed E-state index contributed by atoms with van der Waals surface area (Å²) in [5, 5.41) is 1.00. The summed E-state index contributed by atoms with van der Waals surface area (Å²) in [6.45, 7) is 1.95. The molecule has 2 aromatic heterocycles. The van der Waals surface area contributed by atoms with Crippen molar-refractivity contribution in [2.45, 2.75) is 6.92 Å². The molecule has 2 heterocycles. The lowest BCUT2D eigenvalue weighted by Crippen LogP contribution is -2.23. The van der Waals surface area contributed by atoms with Gasteiger partial charge in [0, 0.05) is 0 Å². The van der Waals surface area contributed by atoms with E-state index < -0.39 is 11.2 Å². The Morgan fingerprint density at radius 2 is 1.83 bits per heavy atom. The lowest BCUT2D eigenvalue weighted by atomic mass is 10.2. The maximum absolute atomic E-state index is 11.6. The van der Waals surface area contributed by atoms with Crippen molar-refractivity contribution in [2.75, 3.05) is 0 Å². The summed E-state index contributed by atoms with van der Waals surface area (Å²) >= 11 is 0. The highest BCUT2D eigenvalue weighted by atomic mass is 31.0. The summed E-state index contributed by atoms with van der Waals surface area (Å²) < 4.78 is 0. The van der Waals surface area contributed by atoms with Crippen molar-refractivity contribution in [1.82, 2.24) is 19.9 Å². The van der Waals surface area contributed by atoms with Gasteiger partial charge in [-0.1, -0.05) is 0 Å². The highest BCUT2D eigenvalue weighted by Crippen LogP contribution is 2.13. The molecular weight excluding hydrogens is 251 g/mol. The molecule has 0 saturated carbocycles. The fourth-order valence-corrected chi connectivity index (χ4v) is 2.01. The molecule has 1 unspecified atom stereocenters. The number of nitrogens with one attached hydrogen (secondary N) is 2. The first-order valence-corrected chi connectivity index (χ1v) is 5.82. The quantitative estimate of drug-likeness (QED) is 0.438. The fraction of sp³-hybridized carbons (Fsp3) is 0.0909. The molecule has 0 spiro atoms. The van der Waals surface area contributed by atoms with E-state index in [1.54, 1.807) is 0 Å². The zero-order valence-electron chi connectivity index (χ0n) is 9.44. The average Bonchev–Trinajstić information content (AvgIpc) is 2.29. The molecule has 90 valence electrons. The van der Waals surface area contributed by atoms with E-state index in [0.717, 1.165) is 10.9 Å². The minimum atomic E-state index is -0.584. The molecule has 1 aromatic carbocycles. The third-order valence-corrected chi connectivity index (χ3v) is 3.35. The first-order chi connectivity index (χ1) is 8.54. The molecule has 6 nitrogen and oxygen atoms in total. The van der Waals surface area contributed by atoms with E-state index in [4.69, 9.17) is 0 Å². The van der Waals surface area contributed by atoms with E-state index in [1.807, 2.05) is 19.1 Å². The Hall–Kier alpha value is -2.07. The summed E-state index contributed by atoms with van der Waals surface area (Å²) in [6, 6.07) is 3.70. The Morgan fingerprint density at radius 3 is 2.61 bits per heavy atom. The van der Waals surface area contributed by atoms with Crippen LogP contribution >= 0.6 is 9.24 Å². The number of H-pyrrole nitrogens is 2. The minimum Gasteiger partial charge on any atom is -0.290 e. The van der Waals surface area contributed by atoms with Gasteiger partial charge in [0.1, 0.15) is 0 Å². The molecule has 7 heteroatoms. The zero-order chi connectivity index (χ0) is 12.9. The van der Waals surface area contributed by atoms with Gasteiger partial charge in [0.05, 0.1) is 11.0 Å². The van der Waals surface area contributed by atoms with Crippen molar-refractivity contribution >= 4 is 36.7 Å². The van der Waals surface area contributed by atoms with E-state index in [0.29, 0.717) is 11.0 Å². The van der Waals surface area contributed by atoms with Gasteiger partial charge in [-0.05, 0) is 29.9 Å². The summed E-state index contributed by atoms with van der Waals surface area (Å²) in [5.74, 6) is 0. The molecule has 0 radical (unpaired) electrons. The molecule has 3 aromatic rings. The van der Waals surface area contributed by atoms with Crippen LogP contribution in [0, 0.1) is 6.92 Å². The second-order valence-corrected chi connectivity index (χ2v) is 4.65. The van der Waals surface area contributed by atoms with Gasteiger partial charge in [-0.25, -0.2) is 14.8 Å². The molecular formula is C11H9N4O2P. The van der Waals surface area contributed by atoms with Crippen LogP contribution in [0.1, 0.15) is 5.56 Å². The highest BCUT2D eigenvalue weighted by molar-refractivity contribution is 7.27. The number of nitrogens with zero attached hydrogens (tertiary/aromatic N) is 2. The van der Waals surface area contributed by atoms with Crippen molar-refractivity contribution in [3.63, 3.8) is 0 Å². The van der Waals surface area contributed by atoms with Crippen LogP contribution in [0.4, 0.5) is 0 Å². The fourth-order valence-electron chi connectivity index (χ4n) is 1.77. The first kappa shape index (κ1) is 11.0. The van der Waals surface area contributed by atoms with E-state index in [2.05, 4.69) is 29.2 Å². The summed E-state index contributed by atoms with van der Waals surface area (Å²) in [5.41, 5.74) is 1.53. The van der Waals surface area contributed by atoms with E-state index in [9.17, 15) is 9.59 Å². The van der Waals surface area contributed by atoms with Crippen LogP contribution in [0.15, 0.2) is 21.7 Å². The molecule has 18 heavy (non-hydrogen) atoms. The van der Waals surface area contributed by atoms with Crippen LogP contribution in [-0.2, 0) is 0 Å². The summed E-state index contributed by atoms with van der Waals surface area (Å²) in [7, 11) is 2.61. The number of rotatable bonds is 0. The smallest absolute Gasteiger partial charge is 0.290 e. The number of aromatic amines is 2. The first-order valence-electron chi connectivity index (χ1n) is 5.25. The van der Waals surface area contributed by atoms with Crippen LogP contribution in [0.5, 0.6) is 0 Å². The predicted molar refractivity (Wildman–Crippen MR) is 72.4 cm³/mol. The van der Waals surface area contributed by atoms with E-state index in [-0.39, 0.29) is 11.2 Å². The predicted octanol–water partition coefficient (Wildman–Crippen LogP) is -0.0316. The van der Waals surface area contributed by atoms with Crippen molar-refractivity contribution in [3.8, 4) is 0 Å². The lowest BCUT2D eigenvalue weighted by molar-refractivity contribution is 1.05.